The van der Waals surface area contributed by atoms with E-state index in [4.69, 9.17) is 11.5 Å². The molecule has 1 unspecified atom stereocenters. The Balaban J connectivity index is 0.000000417. The highest BCUT2D eigenvalue weighted by molar-refractivity contribution is 5.95. The second-order valence-electron chi connectivity index (χ2n) is 9.95. The number of carbonyl (C=O) groups is 1. The Hall–Kier alpha value is -3.78. The summed E-state index contributed by atoms with van der Waals surface area (Å²) in [5.41, 5.74) is 16.2. The van der Waals surface area contributed by atoms with Crippen molar-refractivity contribution < 1.29 is 4.79 Å². The molecule has 1 fully saturated rings. The van der Waals surface area contributed by atoms with Crippen LogP contribution in [0.2, 0.25) is 0 Å². The smallest absolute Gasteiger partial charge is 0.233 e. The molecule has 38 heavy (non-hydrogen) atoms. The van der Waals surface area contributed by atoms with Gasteiger partial charge < -0.3 is 16.8 Å². The molecule has 0 spiro atoms. The number of nitrogens with one attached hydrogen (secondary N) is 1. The molecule has 0 saturated heterocycles. The first-order chi connectivity index (χ1) is 18.4. The standard InChI is InChI=1S/C24H26N6O.C6H13N/c1-4-15-11-17(12-18-14-26-24(25)28-22(15)18)20-13-21(29-30(20)3)27-23(31)19(5-2)16-9-7-6-8-10-16;7-6-4-2-1-3-5-6/h6-14,19H,4-5H2,1-3H3,(H2,25,26,28)(H,27,29,31);6H,1-5,7H2. The summed E-state index contributed by atoms with van der Waals surface area (Å²) in [6, 6.07) is 16.4. The largest absolute Gasteiger partial charge is 0.368 e. The normalized spacial score (nSPS) is 14.5. The molecule has 1 saturated carbocycles. The lowest BCUT2D eigenvalue weighted by Gasteiger charge is -2.15. The van der Waals surface area contributed by atoms with E-state index >= 15 is 0 Å². The van der Waals surface area contributed by atoms with Crippen molar-refractivity contribution in [3.8, 4) is 11.3 Å². The fraction of sp³-hybridized carbons (Fsp3) is 0.400. The summed E-state index contributed by atoms with van der Waals surface area (Å²) < 4.78 is 1.78. The molecule has 8 nitrogen and oxygen atoms in total. The molecule has 5 N–H and O–H groups in total. The third-order valence-electron chi connectivity index (χ3n) is 7.16. The molecule has 2 aromatic heterocycles. The highest BCUT2D eigenvalue weighted by Crippen LogP contribution is 2.29. The van der Waals surface area contributed by atoms with Crippen LogP contribution >= 0.6 is 0 Å². The van der Waals surface area contributed by atoms with E-state index < -0.39 is 0 Å². The van der Waals surface area contributed by atoms with Crippen LogP contribution in [0.3, 0.4) is 0 Å². The van der Waals surface area contributed by atoms with Crippen LogP contribution in [0.4, 0.5) is 11.8 Å². The van der Waals surface area contributed by atoms with Gasteiger partial charge in [-0.3, -0.25) is 9.48 Å². The molecule has 1 atom stereocenters. The zero-order valence-corrected chi connectivity index (χ0v) is 22.7. The molecular weight excluding hydrogens is 474 g/mol. The minimum atomic E-state index is -0.221. The number of fused-ring (bicyclic) bond motifs is 1. The molecule has 0 bridgehead atoms. The maximum absolute atomic E-state index is 12.9. The summed E-state index contributed by atoms with van der Waals surface area (Å²) in [5.74, 6) is 0.518. The van der Waals surface area contributed by atoms with Gasteiger partial charge in [-0.15, -0.1) is 0 Å². The van der Waals surface area contributed by atoms with Crippen molar-refractivity contribution in [2.45, 2.75) is 70.8 Å². The van der Waals surface area contributed by atoms with Crippen molar-refractivity contribution in [3.63, 3.8) is 0 Å². The first-order valence-corrected chi connectivity index (χ1v) is 13.6. The molecule has 1 amide bonds. The summed E-state index contributed by atoms with van der Waals surface area (Å²) in [4.78, 5) is 21.4. The van der Waals surface area contributed by atoms with Crippen LogP contribution in [0.5, 0.6) is 0 Å². The van der Waals surface area contributed by atoms with Gasteiger partial charge in [0.25, 0.3) is 0 Å². The summed E-state index contributed by atoms with van der Waals surface area (Å²) in [6.45, 7) is 4.09. The third-order valence-corrected chi connectivity index (χ3v) is 7.16. The van der Waals surface area contributed by atoms with E-state index in [1.807, 2.05) is 56.4 Å². The van der Waals surface area contributed by atoms with Crippen molar-refractivity contribution in [3.05, 3.63) is 65.9 Å². The minimum absolute atomic E-state index is 0.0602. The molecule has 1 aliphatic carbocycles. The lowest BCUT2D eigenvalue weighted by molar-refractivity contribution is -0.117. The molecule has 4 aromatic rings. The molecular formula is C30H39N7O. The number of nitrogens with zero attached hydrogens (tertiary/aromatic N) is 4. The van der Waals surface area contributed by atoms with Gasteiger partial charge in [0.1, 0.15) is 0 Å². The van der Waals surface area contributed by atoms with Crippen LogP contribution in [-0.4, -0.2) is 31.7 Å². The molecule has 0 radical (unpaired) electrons. The first kappa shape index (κ1) is 27.3. The fourth-order valence-electron chi connectivity index (χ4n) is 5.05. The van der Waals surface area contributed by atoms with Crippen molar-refractivity contribution in [1.82, 2.24) is 19.7 Å². The lowest BCUT2D eigenvalue weighted by atomic mass is 9.96. The maximum atomic E-state index is 12.9. The molecule has 200 valence electrons. The average Bonchev–Trinajstić information content (AvgIpc) is 3.29. The SMILES string of the molecule is CCc1cc(-c2cc(NC(=O)C(CC)c3ccccc3)nn2C)cc2cnc(N)nc12.NC1CCCCC1. The van der Waals surface area contributed by atoms with E-state index in [0.29, 0.717) is 18.3 Å². The molecule has 0 aliphatic heterocycles. The lowest BCUT2D eigenvalue weighted by Crippen LogP contribution is -2.22. The summed E-state index contributed by atoms with van der Waals surface area (Å²) in [5, 5.41) is 8.43. The van der Waals surface area contributed by atoms with E-state index in [1.165, 1.54) is 32.1 Å². The predicted octanol–water partition coefficient (Wildman–Crippen LogP) is 5.59. The Morgan fingerprint density at radius 2 is 1.84 bits per heavy atom. The van der Waals surface area contributed by atoms with Crippen molar-refractivity contribution >= 4 is 28.6 Å². The third kappa shape index (κ3) is 6.55. The summed E-state index contributed by atoms with van der Waals surface area (Å²) >= 11 is 0. The van der Waals surface area contributed by atoms with Gasteiger partial charge >= 0.3 is 0 Å². The van der Waals surface area contributed by atoms with E-state index in [1.54, 1.807) is 10.9 Å². The van der Waals surface area contributed by atoms with Gasteiger partial charge in [0.05, 0.1) is 17.1 Å². The average molecular weight is 514 g/mol. The van der Waals surface area contributed by atoms with E-state index in [2.05, 4.69) is 33.4 Å². The van der Waals surface area contributed by atoms with Gasteiger partial charge in [-0.05, 0) is 48.9 Å². The number of benzene rings is 2. The Kier molecular flexibility index (Phi) is 9.07. The van der Waals surface area contributed by atoms with Gasteiger partial charge in [-0.1, -0.05) is 63.4 Å². The number of nitrogens with two attached hydrogens (primary N) is 2. The van der Waals surface area contributed by atoms with Crippen LogP contribution in [0.25, 0.3) is 22.2 Å². The van der Waals surface area contributed by atoms with Crippen LogP contribution < -0.4 is 16.8 Å². The summed E-state index contributed by atoms with van der Waals surface area (Å²) in [6.07, 6.45) is 9.93. The molecule has 2 heterocycles. The second-order valence-corrected chi connectivity index (χ2v) is 9.95. The first-order valence-electron chi connectivity index (χ1n) is 13.6. The van der Waals surface area contributed by atoms with Gasteiger partial charge in [0, 0.05) is 36.3 Å². The number of nitrogen functional groups attached to an aromatic ring is 1. The predicted molar refractivity (Wildman–Crippen MR) is 155 cm³/mol. The number of amides is 1. The van der Waals surface area contributed by atoms with Crippen LogP contribution in [0, 0.1) is 0 Å². The van der Waals surface area contributed by atoms with Gasteiger partial charge in [0.2, 0.25) is 11.9 Å². The Bertz CT molecular complexity index is 1360. The highest BCUT2D eigenvalue weighted by Gasteiger charge is 2.20. The zero-order chi connectivity index (χ0) is 27.1. The molecule has 1 aliphatic rings. The van der Waals surface area contributed by atoms with Crippen molar-refractivity contribution in [2.24, 2.45) is 12.8 Å². The molecule has 2 aromatic carbocycles. The van der Waals surface area contributed by atoms with E-state index in [-0.39, 0.29) is 17.8 Å². The highest BCUT2D eigenvalue weighted by atomic mass is 16.2. The monoisotopic (exact) mass is 513 g/mol. The van der Waals surface area contributed by atoms with Gasteiger partial charge in [-0.25, -0.2) is 9.97 Å². The Labute approximate surface area is 224 Å². The fourth-order valence-corrected chi connectivity index (χ4v) is 5.05. The molecule has 8 heteroatoms. The summed E-state index contributed by atoms with van der Waals surface area (Å²) in [7, 11) is 1.87. The number of hydrogen-bond acceptors (Lipinski definition) is 6. The number of hydrogen-bond donors (Lipinski definition) is 3. The number of aryl methyl sites for hydroxylation is 2. The Morgan fingerprint density at radius 1 is 1.11 bits per heavy atom. The van der Waals surface area contributed by atoms with Crippen LogP contribution in [0.1, 0.15) is 69.4 Å². The van der Waals surface area contributed by atoms with Crippen LogP contribution in [-0.2, 0) is 18.3 Å². The second kappa shape index (κ2) is 12.6. The van der Waals surface area contributed by atoms with Crippen molar-refractivity contribution in [2.75, 3.05) is 11.1 Å². The number of anilines is 2. The van der Waals surface area contributed by atoms with Crippen LogP contribution in [0.15, 0.2) is 54.7 Å². The van der Waals surface area contributed by atoms with Crippen molar-refractivity contribution in [1.29, 1.82) is 0 Å². The zero-order valence-electron chi connectivity index (χ0n) is 22.7. The molecule has 5 rings (SSSR count). The number of aromatic nitrogens is 4. The Morgan fingerprint density at radius 3 is 2.47 bits per heavy atom. The van der Waals surface area contributed by atoms with E-state index in [0.717, 1.165) is 39.7 Å². The topological polar surface area (TPSA) is 125 Å². The van der Waals surface area contributed by atoms with E-state index in [9.17, 15) is 4.79 Å². The quantitative estimate of drug-likeness (QED) is 0.309. The number of carbonyl (C=O) groups excluding carboxylic acids is 1. The van der Waals surface area contributed by atoms with Gasteiger partial charge in [0.15, 0.2) is 5.82 Å². The maximum Gasteiger partial charge on any atom is 0.233 e. The minimum Gasteiger partial charge on any atom is -0.368 e. The number of rotatable bonds is 6. The van der Waals surface area contributed by atoms with Gasteiger partial charge in [-0.2, -0.15) is 5.10 Å².